The molecule has 2 aromatic carbocycles. The maximum atomic E-state index is 12.9. The molecular formula is C24H25NO6. The Balaban J connectivity index is 1.75. The molecule has 3 rings (SSSR count). The summed E-state index contributed by atoms with van der Waals surface area (Å²) in [4.78, 5) is 28.4. The van der Waals surface area contributed by atoms with Crippen LogP contribution in [0.2, 0.25) is 0 Å². The summed E-state index contributed by atoms with van der Waals surface area (Å²) in [5, 5.41) is 0.806. The number of methoxy groups -OCH3 is 3. The highest BCUT2D eigenvalue weighted by Gasteiger charge is 2.23. The van der Waals surface area contributed by atoms with Crippen LogP contribution >= 0.6 is 0 Å². The average Bonchev–Trinajstić information content (AvgIpc) is 3.11. The van der Waals surface area contributed by atoms with Crippen molar-refractivity contribution in [3.63, 3.8) is 0 Å². The zero-order chi connectivity index (χ0) is 22.5. The lowest BCUT2D eigenvalue weighted by Crippen LogP contribution is -2.24. The van der Waals surface area contributed by atoms with Gasteiger partial charge in [-0.3, -0.25) is 4.79 Å². The van der Waals surface area contributed by atoms with Crippen LogP contribution < -0.4 is 14.2 Å². The summed E-state index contributed by atoms with van der Waals surface area (Å²) in [6.45, 7) is 3.39. The van der Waals surface area contributed by atoms with E-state index in [1.54, 1.807) is 25.1 Å². The Morgan fingerprint density at radius 2 is 1.65 bits per heavy atom. The van der Waals surface area contributed by atoms with Gasteiger partial charge < -0.3 is 23.9 Å². The number of esters is 1. The first kappa shape index (κ1) is 22.0. The van der Waals surface area contributed by atoms with Gasteiger partial charge in [0, 0.05) is 28.2 Å². The number of carbonyl (C=O) groups excluding carboxylic acids is 2. The van der Waals surface area contributed by atoms with Gasteiger partial charge in [0.15, 0.2) is 17.6 Å². The van der Waals surface area contributed by atoms with Gasteiger partial charge in [-0.15, -0.1) is 0 Å². The average molecular weight is 423 g/mol. The highest BCUT2D eigenvalue weighted by Crippen LogP contribution is 2.38. The number of para-hydroxylation sites is 1. The minimum Gasteiger partial charge on any atom is -0.493 e. The van der Waals surface area contributed by atoms with Crippen LogP contribution in [0.25, 0.3) is 17.0 Å². The fourth-order valence-electron chi connectivity index (χ4n) is 3.43. The molecule has 0 unspecified atom stereocenters. The molecule has 1 N–H and O–H groups in total. The topological polar surface area (TPSA) is 86.9 Å². The molecule has 0 radical (unpaired) electrons. The molecule has 1 aromatic heterocycles. The molecule has 0 amide bonds. The summed E-state index contributed by atoms with van der Waals surface area (Å²) < 4.78 is 21.2. The van der Waals surface area contributed by atoms with E-state index in [-0.39, 0.29) is 5.78 Å². The van der Waals surface area contributed by atoms with Gasteiger partial charge in [-0.05, 0) is 43.7 Å². The predicted molar refractivity (Wildman–Crippen MR) is 118 cm³/mol. The van der Waals surface area contributed by atoms with Crippen LogP contribution in [0.1, 0.15) is 28.5 Å². The maximum absolute atomic E-state index is 12.9. The van der Waals surface area contributed by atoms with Crippen LogP contribution in [0.4, 0.5) is 0 Å². The molecule has 7 heteroatoms. The van der Waals surface area contributed by atoms with Gasteiger partial charge >= 0.3 is 5.97 Å². The summed E-state index contributed by atoms with van der Waals surface area (Å²) in [7, 11) is 4.54. The quantitative estimate of drug-likeness (QED) is 0.330. The number of fused-ring (bicyclic) bond motifs is 1. The van der Waals surface area contributed by atoms with Crippen molar-refractivity contribution in [3.05, 3.63) is 59.3 Å². The van der Waals surface area contributed by atoms with Gasteiger partial charge in [0.2, 0.25) is 11.5 Å². The number of aryl methyl sites for hydroxylation is 1. The number of hydrogen-bond donors (Lipinski definition) is 1. The van der Waals surface area contributed by atoms with E-state index in [9.17, 15) is 9.59 Å². The fraction of sp³-hybridized carbons (Fsp3) is 0.250. The number of aromatic nitrogens is 1. The fourth-order valence-corrected chi connectivity index (χ4v) is 3.43. The standard InChI is InChI=1S/C24H25NO6/c1-14-22(17-8-6-7-9-18(17)25-14)23(27)15(2)31-21(26)11-10-16-12-19(28-3)24(30-5)20(13-16)29-4/h6-13,15,25H,1-5H3/b11-10+/t15-/m1/s1. The first-order valence-corrected chi connectivity index (χ1v) is 9.69. The molecule has 0 saturated heterocycles. The number of H-pyrrole nitrogens is 1. The summed E-state index contributed by atoms with van der Waals surface area (Å²) in [6.07, 6.45) is 1.88. The van der Waals surface area contributed by atoms with Crippen LogP contribution in [-0.2, 0) is 9.53 Å². The second kappa shape index (κ2) is 9.38. The molecule has 7 nitrogen and oxygen atoms in total. The summed E-state index contributed by atoms with van der Waals surface area (Å²) in [5.74, 6) is 0.496. The number of carbonyl (C=O) groups is 2. The van der Waals surface area contributed by atoms with Crippen molar-refractivity contribution in [2.24, 2.45) is 0 Å². The van der Waals surface area contributed by atoms with Gasteiger partial charge in [-0.25, -0.2) is 4.79 Å². The first-order chi connectivity index (χ1) is 14.9. The lowest BCUT2D eigenvalue weighted by atomic mass is 10.0. The number of Topliss-reactive ketones (excluding diaryl/α,β-unsaturated/α-hetero) is 1. The summed E-state index contributed by atoms with van der Waals surface area (Å²) >= 11 is 0. The van der Waals surface area contributed by atoms with Crippen molar-refractivity contribution >= 4 is 28.7 Å². The van der Waals surface area contributed by atoms with E-state index < -0.39 is 12.1 Å². The first-order valence-electron chi connectivity index (χ1n) is 9.69. The number of ketones is 1. The number of aromatic amines is 1. The van der Waals surface area contributed by atoms with E-state index in [2.05, 4.69) is 4.98 Å². The van der Waals surface area contributed by atoms with E-state index in [1.807, 2.05) is 31.2 Å². The largest absolute Gasteiger partial charge is 0.493 e. The normalized spacial score (nSPS) is 12.0. The van der Waals surface area contributed by atoms with Crippen molar-refractivity contribution in [1.82, 2.24) is 4.98 Å². The zero-order valence-corrected chi connectivity index (χ0v) is 18.1. The third-order valence-corrected chi connectivity index (χ3v) is 4.90. The monoisotopic (exact) mass is 423 g/mol. The van der Waals surface area contributed by atoms with Gasteiger partial charge in [0.05, 0.1) is 21.3 Å². The van der Waals surface area contributed by atoms with E-state index in [0.717, 1.165) is 16.6 Å². The number of rotatable bonds is 8. The Morgan fingerprint density at radius 3 is 2.26 bits per heavy atom. The molecule has 3 aromatic rings. The predicted octanol–water partition coefficient (Wildman–Crippen LogP) is 4.33. The van der Waals surface area contributed by atoms with Crippen LogP contribution in [-0.4, -0.2) is 44.2 Å². The molecule has 1 atom stereocenters. The smallest absolute Gasteiger partial charge is 0.331 e. The van der Waals surface area contributed by atoms with E-state index >= 15 is 0 Å². The molecule has 0 spiro atoms. The Morgan fingerprint density at radius 1 is 1.00 bits per heavy atom. The maximum Gasteiger partial charge on any atom is 0.331 e. The van der Waals surface area contributed by atoms with Crippen LogP contribution in [0.5, 0.6) is 17.2 Å². The molecular weight excluding hydrogens is 398 g/mol. The van der Waals surface area contributed by atoms with Gasteiger partial charge in [-0.1, -0.05) is 18.2 Å². The van der Waals surface area contributed by atoms with Crippen molar-refractivity contribution in [1.29, 1.82) is 0 Å². The second-order valence-corrected chi connectivity index (χ2v) is 6.91. The third kappa shape index (κ3) is 4.55. The van der Waals surface area contributed by atoms with Crippen molar-refractivity contribution in [2.45, 2.75) is 20.0 Å². The summed E-state index contributed by atoms with van der Waals surface area (Å²) in [5.41, 5.74) is 2.79. The molecule has 31 heavy (non-hydrogen) atoms. The molecule has 0 fully saturated rings. The number of benzene rings is 2. The molecule has 0 aliphatic heterocycles. The third-order valence-electron chi connectivity index (χ3n) is 4.90. The van der Waals surface area contributed by atoms with Crippen LogP contribution in [0.15, 0.2) is 42.5 Å². The molecule has 0 aliphatic rings. The van der Waals surface area contributed by atoms with Crippen LogP contribution in [0.3, 0.4) is 0 Å². The van der Waals surface area contributed by atoms with Crippen LogP contribution in [0, 0.1) is 6.92 Å². The van der Waals surface area contributed by atoms with Gasteiger partial charge in [-0.2, -0.15) is 0 Å². The van der Waals surface area contributed by atoms with Gasteiger partial charge in [0.25, 0.3) is 0 Å². The summed E-state index contributed by atoms with van der Waals surface area (Å²) in [6, 6.07) is 10.9. The lowest BCUT2D eigenvalue weighted by molar-refractivity contribution is -0.140. The highest BCUT2D eigenvalue weighted by atomic mass is 16.5. The Labute approximate surface area is 180 Å². The van der Waals surface area contributed by atoms with E-state index in [4.69, 9.17) is 18.9 Å². The van der Waals surface area contributed by atoms with Crippen molar-refractivity contribution < 1.29 is 28.5 Å². The van der Waals surface area contributed by atoms with E-state index in [1.165, 1.54) is 27.4 Å². The number of ether oxygens (including phenoxy) is 4. The Hall–Kier alpha value is -3.74. The SMILES string of the molecule is COc1cc(/C=C/C(=O)O[C@H](C)C(=O)c2c(C)[nH]c3ccccc23)cc(OC)c1OC. The van der Waals surface area contributed by atoms with Gasteiger partial charge in [0.1, 0.15) is 0 Å². The minimum atomic E-state index is -0.935. The zero-order valence-electron chi connectivity index (χ0n) is 18.1. The highest BCUT2D eigenvalue weighted by molar-refractivity contribution is 6.11. The number of nitrogens with one attached hydrogen (secondary N) is 1. The van der Waals surface area contributed by atoms with E-state index in [0.29, 0.717) is 28.4 Å². The van der Waals surface area contributed by atoms with Crippen molar-refractivity contribution in [2.75, 3.05) is 21.3 Å². The Bertz CT molecular complexity index is 1120. The minimum absolute atomic E-state index is 0.260. The molecule has 0 saturated carbocycles. The Kier molecular flexibility index (Phi) is 6.65. The molecule has 1 heterocycles. The lowest BCUT2D eigenvalue weighted by Gasteiger charge is -2.13. The van der Waals surface area contributed by atoms with Crippen molar-refractivity contribution in [3.8, 4) is 17.2 Å². The molecule has 0 aliphatic carbocycles. The molecule has 162 valence electrons. The molecule has 0 bridgehead atoms. The number of hydrogen-bond acceptors (Lipinski definition) is 6. The second-order valence-electron chi connectivity index (χ2n) is 6.91.